The minimum absolute atomic E-state index is 0.0913. The molecule has 7 nitrogen and oxygen atoms in total. The van der Waals surface area contributed by atoms with Crippen LogP contribution in [0.4, 0.5) is 13.2 Å². The first kappa shape index (κ1) is 24.8. The summed E-state index contributed by atoms with van der Waals surface area (Å²) in [5.41, 5.74) is 2.80. The average Bonchev–Trinajstić information content (AvgIpc) is 3.46. The number of benzene rings is 1. The maximum Gasteiger partial charge on any atom is 0.490 e. The number of ether oxygens (including phenoxy) is 1. The van der Waals surface area contributed by atoms with Gasteiger partial charge in [0, 0.05) is 12.6 Å². The highest BCUT2D eigenvalue weighted by Gasteiger charge is 2.38. The van der Waals surface area contributed by atoms with Crippen molar-refractivity contribution in [1.82, 2.24) is 10.2 Å². The highest BCUT2D eigenvalue weighted by molar-refractivity contribution is 5.83. The lowest BCUT2D eigenvalue weighted by molar-refractivity contribution is -0.192. The van der Waals surface area contributed by atoms with E-state index in [1.807, 2.05) is 0 Å². The number of hydrogen-bond donors (Lipinski definition) is 2. The van der Waals surface area contributed by atoms with Crippen molar-refractivity contribution in [3.05, 3.63) is 29.3 Å². The number of alkyl halides is 3. The van der Waals surface area contributed by atoms with E-state index in [0.29, 0.717) is 13.2 Å². The lowest BCUT2D eigenvalue weighted by atomic mass is 9.91. The number of aryl methyl sites for hydroxylation is 1. The number of halogens is 3. The van der Waals surface area contributed by atoms with Crippen LogP contribution in [0.3, 0.4) is 0 Å². The van der Waals surface area contributed by atoms with Crippen LogP contribution in [0.1, 0.15) is 49.7 Å². The number of fused-ring (bicyclic) bond motifs is 1. The number of nitrogens with zero attached hydrogens (tertiary/aromatic N) is 2. The summed E-state index contributed by atoms with van der Waals surface area (Å²) in [6.45, 7) is 1.31. The second-order valence-electron chi connectivity index (χ2n) is 8.53. The number of likely N-dealkylation sites (tertiary alicyclic amines) is 1. The molecule has 1 aromatic rings. The fraction of sp³-hybridized carbons (Fsp3) is 0.609. The number of carbonyl (C=O) groups is 2. The number of carboxylic acids is 1. The minimum Gasteiger partial charge on any atom is -0.492 e. The van der Waals surface area contributed by atoms with Gasteiger partial charge in [-0.3, -0.25) is 10.1 Å². The number of nitriles is 1. The second-order valence-corrected chi connectivity index (χ2v) is 8.53. The maximum atomic E-state index is 12.7. The summed E-state index contributed by atoms with van der Waals surface area (Å²) < 4.78 is 37.9. The molecule has 180 valence electrons. The number of carboxylic acid groups (broad SMARTS) is 1. The fourth-order valence-electron chi connectivity index (χ4n) is 4.58. The molecule has 1 aromatic carbocycles. The van der Waals surface area contributed by atoms with Gasteiger partial charge < -0.3 is 14.7 Å². The van der Waals surface area contributed by atoms with Crippen molar-refractivity contribution in [3.63, 3.8) is 0 Å². The Morgan fingerprint density at radius 3 is 2.61 bits per heavy atom. The van der Waals surface area contributed by atoms with E-state index in [4.69, 9.17) is 14.6 Å². The molecule has 0 saturated carbocycles. The standard InChI is InChI=1S/C21H27N3O2.C2HF3O2/c22-13-17-7-4-12-24(17)21(25)19-11-10-16(23-19)14-26-20-9-3-6-15-5-1-2-8-18(15)20;3-2(4,5)1(6)7/h3,6,9,16-17,19,23H,1-2,4-5,7-8,10-12,14H2;(H,6,7)/t16-,17+,19+;/m1./s1. The SMILES string of the molecule is N#C[C@@H]1CCCN1C(=O)[C@@H]1CC[C@H](COc2cccc3c2CCCC3)N1.O=C(O)C(F)(F)F. The van der Waals surface area contributed by atoms with E-state index in [-0.39, 0.29) is 24.0 Å². The van der Waals surface area contributed by atoms with E-state index in [2.05, 4.69) is 29.6 Å². The molecule has 0 bridgehead atoms. The Kier molecular flexibility index (Phi) is 8.19. The van der Waals surface area contributed by atoms with Crippen LogP contribution in [-0.4, -0.2) is 59.3 Å². The summed E-state index contributed by atoms with van der Waals surface area (Å²) >= 11 is 0. The van der Waals surface area contributed by atoms with Crippen molar-refractivity contribution in [1.29, 1.82) is 5.26 Å². The van der Waals surface area contributed by atoms with Gasteiger partial charge in [-0.05, 0) is 68.6 Å². The molecule has 3 atom stereocenters. The molecule has 1 aliphatic carbocycles. The predicted octanol–water partition coefficient (Wildman–Crippen LogP) is 3.21. The molecule has 0 spiro atoms. The van der Waals surface area contributed by atoms with Crippen LogP contribution in [0.15, 0.2) is 18.2 Å². The van der Waals surface area contributed by atoms with Crippen LogP contribution < -0.4 is 10.1 Å². The number of rotatable bonds is 4. The zero-order chi connectivity index (χ0) is 24.0. The first-order valence-corrected chi connectivity index (χ1v) is 11.2. The second kappa shape index (κ2) is 10.9. The maximum absolute atomic E-state index is 12.7. The third kappa shape index (κ3) is 6.38. The van der Waals surface area contributed by atoms with Gasteiger partial charge >= 0.3 is 12.1 Å². The summed E-state index contributed by atoms with van der Waals surface area (Å²) in [5.74, 6) is -1.65. The Balaban J connectivity index is 0.000000383. The Hall–Kier alpha value is -2.80. The van der Waals surface area contributed by atoms with Gasteiger partial charge in [0.2, 0.25) is 5.91 Å². The lowest BCUT2D eigenvalue weighted by Gasteiger charge is -2.24. The van der Waals surface area contributed by atoms with Crippen LogP contribution >= 0.6 is 0 Å². The summed E-state index contributed by atoms with van der Waals surface area (Å²) in [5, 5.41) is 19.8. The van der Waals surface area contributed by atoms with Crippen LogP contribution in [-0.2, 0) is 22.4 Å². The minimum atomic E-state index is -5.08. The molecule has 2 fully saturated rings. The van der Waals surface area contributed by atoms with Gasteiger partial charge in [-0.2, -0.15) is 18.4 Å². The monoisotopic (exact) mass is 467 g/mol. The molecule has 33 heavy (non-hydrogen) atoms. The van der Waals surface area contributed by atoms with E-state index in [0.717, 1.165) is 44.3 Å². The first-order valence-electron chi connectivity index (χ1n) is 11.2. The highest BCUT2D eigenvalue weighted by Crippen LogP contribution is 2.30. The third-order valence-corrected chi connectivity index (χ3v) is 6.26. The van der Waals surface area contributed by atoms with Gasteiger partial charge in [-0.25, -0.2) is 4.79 Å². The molecule has 2 aliphatic heterocycles. The molecule has 0 unspecified atom stereocenters. The summed E-state index contributed by atoms with van der Waals surface area (Å²) in [4.78, 5) is 23.4. The lowest BCUT2D eigenvalue weighted by Crippen LogP contribution is -2.47. The number of amides is 1. The zero-order valence-electron chi connectivity index (χ0n) is 18.2. The Bertz CT molecular complexity index is 900. The van der Waals surface area contributed by atoms with Gasteiger partial charge in [0.1, 0.15) is 18.4 Å². The van der Waals surface area contributed by atoms with E-state index in [9.17, 15) is 23.2 Å². The zero-order valence-corrected chi connectivity index (χ0v) is 18.2. The molecule has 0 aromatic heterocycles. The van der Waals surface area contributed by atoms with Gasteiger partial charge in [0.05, 0.1) is 12.1 Å². The Morgan fingerprint density at radius 2 is 1.91 bits per heavy atom. The highest BCUT2D eigenvalue weighted by atomic mass is 19.4. The number of nitrogens with one attached hydrogen (secondary N) is 1. The third-order valence-electron chi connectivity index (χ3n) is 6.26. The van der Waals surface area contributed by atoms with Crippen LogP contribution in [0.25, 0.3) is 0 Å². The van der Waals surface area contributed by atoms with Gasteiger partial charge in [-0.1, -0.05) is 12.1 Å². The number of carbonyl (C=O) groups excluding carboxylic acids is 1. The quantitative estimate of drug-likeness (QED) is 0.705. The summed E-state index contributed by atoms with van der Waals surface area (Å²) in [6, 6.07) is 8.43. The van der Waals surface area contributed by atoms with Crippen molar-refractivity contribution in [3.8, 4) is 11.8 Å². The summed E-state index contributed by atoms with van der Waals surface area (Å²) in [7, 11) is 0. The van der Waals surface area contributed by atoms with E-state index < -0.39 is 12.1 Å². The number of hydrogen-bond acceptors (Lipinski definition) is 5. The molecule has 1 amide bonds. The van der Waals surface area contributed by atoms with Crippen LogP contribution in [0.2, 0.25) is 0 Å². The molecule has 0 radical (unpaired) electrons. The molecule has 10 heteroatoms. The topological polar surface area (TPSA) is 103 Å². The van der Waals surface area contributed by atoms with Crippen LogP contribution in [0.5, 0.6) is 5.75 Å². The van der Waals surface area contributed by atoms with Crippen molar-refractivity contribution >= 4 is 11.9 Å². The molecule has 2 heterocycles. The van der Waals surface area contributed by atoms with E-state index in [1.165, 1.54) is 24.0 Å². The molecular weight excluding hydrogens is 439 g/mol. The van der Waals surface area contributed by atoms with E-state index >= 15 is 0 Å². The predicted molar refractivity (Wildman–Crippen MR) is 113 cm³/mol. The Labute approximate surface area is 190 Å². The average molecular weight is 467 g/mol. The Morgan fingerprint density at radius 1 is 1.18 bits per heavy atom. The molecule has 2 N–H and O–H groups in total. The van der Waals surface area contributed by atoms with Gasteiger partial charge in [0.25, 0.3) is 0 Å². The molecule has 2 saturated heterocycles. The normalized spacial score (nSPS) is 24.3. The molecular formula is C23H28F3N3O4. The molecule has 3 aliphatic rings. The van der Waals surface area contributed by atoms with Crippen molar-refractivity contribution < 1.29 is 32.6 Å². The first-order chi connectivity index (χ1) is 15.7. The largest absolute Gasteiger partial charge is 0.492 e. The smallest absolute Gasteiger partial charge is 0.490 e. The van der Waals surface area contributed by atoms with Gasteiger partial charge in [0.15, 0.2) is 0 Å². The fourth-order valence-corrected chi connectivity index (χ4v) is 4.58. The van der Waals surface area contributed by atoms with Crippen LogP contribution in [0, 0.1) is 11.3 Å². The van der Waals surface area contributed by atoms with E-state index in [1.54, 1.807) is 4.90 Å². The van der Waals surface area contributed by atoms with Crippen molar-refractivity contribution in [2.24, 2.45) is 0 Å². The van der Waals surface area contributed by atoms with Gasteiger partial charge in [-0.15, -0.1) is 0 Å². The summed E-state index contributed by atoms with van der Waals surface area (Å²) in [6.07, 6.45) is 3.19. The van der Waals surface area contributed by atoms with Crippen molar-refractivity contribution in [2.45, 2.75) is 75.7 Å². The molecule has 4 rings (SSSR count). The van der Waals surface area contributed by atoms with Crippen molar-refractivity contribution in [2.75, 3.05) is 13.2 Å². The number of aliphatic carboxylic acids is 1.